The highest BCUT2D eigenvalue weighted by molar-refractivity contribution is 5.70. The molecular weight excluding hydrogens is 166 g/mol. The number of nitrogens with two attached hydrogens (primary N) is 1. The minimum absolute atomic E-state index is 0.0558. The van der Waals surface area contributed by atoms with E-state index in [1.807, 2.05) is 13.8 Å². The zero-order valence-electron chi connectivity index (χ0n) is 7.95. The first kappa shape index (κ1) is 11.5. The Balaban J connectivity index is 0.000000671. The topological polar surface area (TPSA) is 63.3 Å². The van der Waals surface area contributed by atoms with Crippen LogP contribution in [0.4, 0.5) is 5.69 Å². The summed E-state index contributed by atoms with van der Waals surface area (Å²) in [5.41, 5.74) is 6.83. The summed E-state index contributed by atoms with van der Waals surface area (Å²) in [7, 11) is 0. The lowest BCUT2D eigenvalue weighted by molar-refractivity contribution is -0.136. The Kier molecular flexibility index (Phi) is 5.35. The van der Waals surface area contributed by atoms with Crippen LogP contribution in [0.5, 0.6) is 0 Å². The summed E-state index contributed by atoms with van der Waals surface area (Å²) in [5, 5.41) is 8.40. The van der Waals surface area contributed by atoms with Gasteiger partial charge in [0.1, 0.15) is 0 Å². The van der Waals surface area contributed by atoms with Crippen molar-refractivity contribution in [3.8, 4) is 0 Å². The predicted octanol–water partition coefficient (Wildman–Crippen LogP) is 1.92. The second kappa shape index (κ2) is 6.06. The minimum atomic E-state index is -0.824. The van der Waals surface area contributed by atoms with Crippen LogP contribution in [0.3, 0.4) is 0 Å². The predicted molar refractivity (Wildman–Crippen MR) is 53.5 cm³/mol. The van der Waals surface area contributed by atoms with Gasteiger partial charge in [0.15, 0.2) is 0 Å². The van der Waals surface area contributed by atoms with E-state index in [-0.39, 0.29) is 6.42 Å². The normalized spacial score (nSPS) is 8.46. The van der Waals surface area contributed by atoms with Crippen LogP contribution in [0.25, 0.3) is 0 Å². The summed E-state index contributed by atoms with van der Waals surface area (Å²) < 4.78 is 0. The van der Waals surface area contributed by atoms with Gasteiger partial charge in [-0.25, -0.2) is 0 Å². The van der Waals surface area contributed by atoms with Crippen LogP contribution in [0.2, 0.25) is 0 Å². The monoisotopic (exact) mass is 181 g/mol. The van der Waals surface area contributed by atoms with Crippen molar-refractivity contribution in [1.29, 1.82) is 0 Å². The van der Waals surface area contributed by atoms with Crippen LogP contribution in [-0.4, -0.2) is 11.1 Å². The molecule has 0 saturated carbocycles. The Morgan fingerprint density at radius 1 is 1.31 bits per heavy atom. The number of benzene rings is 1. The summed E-state index contributed by atoms with van der Waals surface area (Å²) in [6.07, 6.45) is 0.0558. The molecule has 3 N–H and O–H groups in total. The van der Waals surface area contributed by atoms with Gasteiger partial charge in [-0.2, -0.15) is 0 Å². The highest BCUT2D eigenvalue weighted by Crippen LogP contribution is 2.05. The van der Waals surface area contributed by atoms with Crippen LogP contribution < -0.4 is 5.73 Å². The molecule has 1 aromatic carbocycles. The van der Waals surface area contributed by atoms with Crippen LogP contribution in [0, 0.1) is 0 Å². The lowest BCUT2D eigenvalue weighted by Gasteiger charge is -1.96. The van der Waals surface area contributed by atoms with Crippen molar-refractivity contribution in [1.82, 2.24) is 0 Å². The number of rotatable bonds is 2. The van der Waals surface area contributed by atoms with Crippen molar-refractivity contribution in [3.05, 3.63) is 29.8 Å². The molecule has 13 heavy (non-hydrogen) atoms. The number of hydrogen-bond acceptors (Lipinski definition) is 2. The molecular formula is C10H15NO2. The Hall–Kier alpha value is -1.51. The lowest BCUT2D eigenvalue weighted by atomic mass is 10.1. The van der Waals surface area contributed by atoms with Gasteiger partial charge in [0, 0.05) is 5.69 Å². The highest BCUT2D eigenvalue weighted by atomic mass is 16.4. The van der Waals surface area contributed by atoms with Gasteiger partial charge in [0.25, 0.3) is 0 Å². The van der Waals surface area contributed by atoms with Gasteiger partial charge in [-0.1, -0.05) is 26.0 Å². The van der Waals surface area contributed by atoms with E-state index in [4.69, 9.17) is 10.8 Å². The molecule has 0 fully saturated rings. The number of nitrogen functional groups attached to an aromatic ring is 1. The molecule has 0 bridgehead atoms. The molecule has 0 aromatic heterocycles. The Labute approximate surface area is 78.2 Å². The maximum atomic E-state index is 10.2. The van der Waals surface area contributed by atoms with E-state index in [0.29, 0.717) is 5.69 Å². The number of carbonyl (C=O) groups is 1. The molecule has 72 valence electrons. The zero-order valence-corrected chi connectivity index (χ0v) is 7.95. The van der Waals surface area contributed by atoms with Gasteiger partial charge in [-0.3, -0.25) is 4.79 Å². The standard InChI is InChI=1S/C8H9NO2.C2H6/c9-7-3-1-6(2-4-7)5-8(10)11;1-2/h1-4H,5,9H2,(H,10,11);1-2H3. The maximum Gasteiger partial charge on any atom is 0.307 e. The molecule has 0 aliphatic carbocycles. The average Bonchev–Trinajstić information content (AvgIpc) is 2.12. The van der Waals surface area contributed by atoms with Gasteiger partial charge >= 0.3 is 5.97 Å². The number of carboxylic acids is 1. The van der Waals surface area contributed by atoms with Crippen molar-refractivity contribution in [3.63, 3.8) is 0 Å². The fraction of sp³-hybridized carbons (Fsp3) is 0.300. The van der Waals surface area contributed by atoms with Crippen molar-refractivity contribution in [2.75, 3.05) is 5.73 Å². The van der Waals surface area contributed by atoms with Gasteiger partial charge in [0.2, 0.25) is 0 Å². The first-order valence-corrected chi connectivity index (χ1v) is 4.24. The van der Waals surface area contributed by atoms with Gasteiger partial charge in [-0.05, 0) is 17.7 Å². The van der Waals surface area contributed by atoms with E-state index in [0.717, 1.165) is 5.56 Å². The van der Waals surface area contributed by atoms with E-state index >= 15 is 0 Å². The smallest absolute Gasteiger partial charge is 0.307 e. The van der Waals surface area contributed by atoms with Gasteiger partial charge < -0.3 is 10.8 Å². The van der Waals surface area contributed by atoms with E-state index < -0.39 is 5.97 Å². The van der Waals surface area contributed by atoms with Crippen molar-refractivity contribution in [2.24, 2.45) is 0 Å². The first-order valence-electron chi connectivity index (χ1n) is 4.24. The van der Waals surface area contributed by atoms with Crippen LogP contribution in [-0.2, 0) is 11.2 Å². The SMILES string of the molecule is CC.Nc1ccc(CC(=O)O)cc1. The molecule has 0 radical (unpaired) electrons. The molecule has 0 saturated heterocycles. The fourth-order valence-corrected chi connectivity index (χ4v) is 0.810. The lowest BCUT2D eigenvalue weighted by Crippen LogP contribution is -1.99. The maximum absolute atomic E-state index is 10.2. The summed E-state index contributed by atoms with van der Waals surface area (Å²) in [6, 6.07) is 6.81. The Bertz CT molecular complexity index is 254. The van der Waals surface area contributed by atoms with Crippen LogP contribution >= 0.6 is 0 Å². The largest absolute Gasteiger partial charge is 0.481 e. The van der Waals surface area contributed by atoms with Crippen LogP contribution in [0.1, 0.15) is 19.4 Å². The zero-order chi connectivity index (χ0) is 10.3. The highest BCUT2D eigenvalue weighted by Gasteiger charge is 1.98. The summed E-state index contributed by atoms with van der Waals surface area (Å²) >= 11 is 0. The second-order valence-corrected chi connectivity index (χ2v) is 2.31. The summed E-state index contributed by atoms with van der Waals surface area (Å²) in [6.45, 7) is 4.00. The van der Waals surface area contributed by atoms with E-state index in [1.54, 1.807) is 24.3 Å². The molecule has 0 aliphatic heterocycles. The van der Waals surface area contributed by atoms with Crippen molar-refractivity contribution in [2.45, 2.75) is 20.3 Å². The van der Waals surface area contributed by atoms with Gasteiger partial charge in [-0.15, -0.1) is 0 Å². The van der Waals surface area contributed by atoms with Crippen molar-refractivity contribution >= 4 is 11.7 Å². The van der Waals surface area contributed by atoms with E-state index in [9.17, 15) is 4.79 Å². The average molecular weight is 181 g/mol. The quantitative estimate of drug-likeness (QED) is 0.685. The third kappa shape index (κ3) is 4.85. The first-order chi connectivity index (χ1) is 6.18. The molecule has 3 heteroatoms. The molecule has 1 rings (SSSR count). The third-order valence-corrected chi connectivity index (χ3v) is 1.34. The molecule has 1 aromatic rings. The number of carboxylic acid groups (broad SMARTS) is 1. The molecule has 3 nitrogen and oxygen atoms in total. The molecule has 0 spiro atoms. The minimum Gasteiger partial charge on any atom is -0.481 e. The van der Waals surface area contributed by atoms with Crippen LogP contribution in [0.15, 0.2) is 24.3 Å². The number of hydrogen-bond donors (Lipinski definition) is 2. The molecule has 0 heterocycles. The fourth-order valence-electron chi connectivity index (χ4n) is 0.810. The van der Waals surface area contributed by atoms with Crippen molar-refractivity contribution < 1.29 is 9.90 Å². The summed E-state index contributed by atoms with van der Waals surface area (Å²) in [4.78, 5) is 10.2. The molecule has 0 atom stereocenters. The van der Waals surface area contributed by atoms with E-state index in [2.05, 4.69) is 0 Å². The number of aliphatic carboxylic acids is 1. The number of anilines is 1. The second-order valence-electron chi connectivity index (χ2n) is 2.31. The molecule has 0 aliphatic rings. The van der Waals surface area contributed by atoms with E-state index in [1.165, 1.54) is 0 Å². The van der Waals surface area contributed by atoms with Gasteiger partial charge in [0.05, 0.1) is 6.42 Å². The Morgan fingerprint density at radius 3 is 2.15 bits per heavy atom. The molecule has 0 unspecified atom stereocenters. The Morgan fingerprint density at radius 2 is 1.77 bits per heavy atom. The summed E-state index contributed by atoms with van der Waals surface area (Å²) in [5.74, 6) is -0.824. The third-order valence-electron chi connectivity index (χ3n) is 1.34. The molecule has 0 amide bonds.